The SMILES string of the molecule is NC(Cc1ccccc1)C(=O)NNC(=O)CN(CCN(CC(=O)O)CC(=O)O)CCN(CC(=O)O)CC(=O)O. The second-order valence-electron chi connectivity index (χ2n) is 8.61. The number of amides is 2. The second kappa shape index (κ2) is 17.4. The van der Waals surface area contributed by atoms with Gasteiger partial charge in [-0.2, -0.15) is 0 Å². The second-order valence-corrected chi connectivity index (χ2v) is 8.61. The molecule has 0 spiro atoms. The van der Waals surface area contributed by atoms with Gasteiger partial charge in [-0.15, -0.1) is 0 Å². The number of carboxylic acids is 4. The normalized spacial score (nSPS) is 11.8. The molecule has 1 aromatic rings. The zero-order valence-electron chi connectivity index (χ0n) is 21.2. The molecule has 0 heterocycles. The molecule has 0 aliphatic heterocycles. The standard InChI is InChI=1S/C23H34N6O10/c24-17(10-16-4-2-1-3-5-16)23(39)26-25-18(30)11-27(6-8-28(12-19(31)32)13-20(33)34)7-9-29(14-21(35)36)15-22(37)38/h1-5,17H,6-15,24H2,(H,25,30)(H,26,39)(H,31,32)(H,33,34)(H,35,36)(H,37,38). The summed E-state index contributed by atoms with van der Waals surface area (Å²) in [5.74, 6) is -6.38. The molecule has 0 radical (unpaired) electrons. The van der Waals surface area contributed by atoms with Crippen molar-refractivity contribution in [1.29, 1.82) is 0 Å². The van der Waals surface area contributed by atoms with Gasteiger partial charge in [0, 0.05) is 26.2 Å². The molecule has 8 N–H and O–H groups in total. The fourth-order valence-electron chi connectivity index (χ4n) is 3.46. The molecule has 16 heteroatoms. The van der Waals surface area contributed by atoms with Crippen molar-refractivity contribution < 1.29 is 49.2 Å². The highest BCUT2D eigenvalue weighted by Gasteiger charge is 2.20. The number of nitrogens with two attached hydrogens (primary N) is 1. The Labute approximate surface area is 223 Å². The summed E-state index contributed by atoms with van der Waals surface area (Å²) in [6.45, 7) is -2.89. The third-order valence-corrected chi connectivity index (χ3v) is 5.23. The predicted molar refractivity (Wildman–Crippen MR) is 134 cm³/mol. The smallest absolute Gasteiger partial charge is 0.317 e. The fraction of sp³-hybridized carbons (Fsp3) is 0.478. The molecule has 0 saturated heterocycles. The first-order chi connectivity index (χ1) is 18.3. The Morgan fingerprint density at radius 3 is 1.46 bits per heavy atom. The number of carbonyl (C=O) groups is 6. The molecule has 0 aliphatic rings. The largest absolute Gasteiger partial charge is 0.480 e. The van der Waals surface area contributed by atoms with Crippen LogP contribution in [0.1, 0.15) is 5.56 Å². The van der Waals surface area contributed by atoms with E-state index < -0.39 is 67.9 Å². The quantitative estimate of drug-likeness (QED) is 0.0840. The van der Waals surface area contributed by atoms with Crippen LogP contribution in [-0.4, -0.2) is 136 Å². The third-order valence-electron chi connectivity index (χ3n) is 5.23. The van der Waals surface area contributed by atoms with E-state index >= 15 is 0 Å². The van der Waals surface area contributed by atoms with Crippen LogP contribution >= 0.6 is 0 Å². The highest BCUT2D eigenvalue weighted by molar-refractivity contribution is 5.86. The Morgan fingerprint density at radius 1 is 0.641 bits per heavy atom. The molecule has 0 aliphatic carbocycles. The number of carboxylic acid groups (broad SMARTS) is 4. The van der Waals surface area contributed by atoms with Crippen molar-refractivity contribution in [2.75, 3.05) is 58.9 Å². The summed E-state index contributed by atoms with van der Waals surface area (Å²) in [6, 6.07) is 8.02. The van der Waals surface area contributed by atoms with Crippen LogP contribution in [0.4, 0.5) is 0 Å². The van der Waals surface area contributed by atoms with E-state index in [4.69, 9.17) is 26.2 Å². The average molecular weight is 555 g/mol. The van der Waals surface area contributed by atoms with Crippen LogP contribution in [0.5, 0.6) is 0 Å². The van der Waals surface area contributed by atoms with Gasteiger partial charge in [0.1, 0.15) is 0 Å². The van der Waals surface area contributed by atoms with E-state index in [1.807, 2.05) is 6.07 Å². The topological polar surface area (TPSA) is 243 Å². The molecule has 0 fully saturated rings. The summed E-state index contributed by atoms with van der Waals surface area (Å²) < 4.78 is 0. The number of hydrogen-bond donors (Lipinski definition) is 7. The van der Waals surface area contributed by atoms with Crippen LogP contribution in [0.25, 0.3) is 0 Å². The van der Waals surface area contributed by atoms with Gasteiger partial charge in [-0.25, -0.2) is 0 Å². The van der Waals surface area contributed by atoms with Crippen LogP contribution in [0.2, 0.25) is 0 Å². The van der Waals surface area contributed by atoms with Gasteiger partial charge in [0.2, 0.25) is 0 Å². The van der Waals surface area contributed by atoms with E-state index in [0.717, 1.165) is 15.4 Å². The van der Waals surface area contributed by atoms with Crippen molar-refractivity contribution in [3.8, 4) is 0 Å². The Balaban J connectivity index is 2.80. The Bertz CT molecular complexity index is 921. The van der Waals surface area contributed by atoms with Crippen molar-refractivity contribution in [3.63, 3.8) is 0 Å². The fourth-order valence-corrected chi connectivity index (χ4v) is 3.46. The van der Waals surface area contributed by atoms with Gasteiger partial charge in [0.15, 0.2) is 0 Å². The number of hydrazine groups is 1. The molecule has 0 saturated carbocycles. The highest BCUT2D eigenvalue weighted by Crippen LogP contribution is 2.02. The van der Waals surface area contributed by atoms with E-state index in [-0.39, 0.29) is 39.1 Å². The molecule has 0 aromatic heterocycles. The predicted octanol–water partition coefficient (Wildman–Crippen LogP) is -3.05. The molecule has 1 aromatic carbocycles. The molecule has 39 heavy (non-hydrogen) atoms. The summed E-state index contributed by atoms with van der Waals surface area (Å²) in [5.41, 5.74) is 11.1. The maximum absolute atomic E-state index is 12.5. The molecule has 1 atom stereocenters. The molecule has 0 bridgehead atoms. The average Bonchev–Trinajstić information content (AvgIpc) is 2.83. The summed E-state index contributed by atoms with van der Waals surface area (Å²) in [4.78, 5) is 72.8. The Hall–Kier alpha value is -4.12. The zero-order valence-corrected chi connectivity index (χ0v) is 21.2. The van der Waals surface area contributed by atoms with Crippen LogP contribution < -0.4 is 16.6 Å². The summed E-state index contributed by atoms with van der Waals surface area (Å²) in [6.07, 6.45) is 0.223. The number of rotatable bonds is 19. The Morgan fingerprint density at radius 2 is 1.05 bits per heavy atom. The number of benzene rings is 1. The lowest BCUT2D eigenvalue weighted by atomic mass is 10.1. The monoisotopic (exact) mass is 554 g/mol. The van der Waals surface area contributed by atoms with Gasteiger partial charge in [0.05, 0.1) is 38.8 Å². The first kappa shape index (κ1) is 32.9. The minimum absolute atomic E-state index is 0.0244. The first-order valence-electron chi connectivity index (χ1n) is 11.8. The maximum Gasteiger partial charge on any atom is 0.317 e. The summed E-state index contributed by atoms with van der Waals surface area (Å²) in [7, 11) is 0. The molecule has 16 nitrogen and oxygen atoms in total. The maximum atomic E-state index is 12.5. The lowest BCUT2D eigenvalue weighted by Crippen LogP contribution is -2.53. The van der Waals surface area contributed by atoms with Crippen molar-refractivity contribution in [2.45, 2.75) is 12.5 Å². The van der Waals surface area contributed by atoms with E-state index in [9.17, 15) is 28.8 Å². The van der Waals surface area contributed by atoms with E-state index in [1.54, 1.807) is 24.3 Å². The first-order valence-corrected chi connectivity index (χ1v) is 11.8. The highest BCUT2D eigenvalue weighted by atomic mass is 16.4. The van der Waals surface area contributed by atoms with E-state index in [1.165, 1.54) is 4.90 Å². The molecule has 216 valence electrons. The van der Waals surface area contributed by atoms with Crippen LogP contribution in [-0.2, 0) is 35.2 Å². The molecule has 2 amide bonds. The molecule has 1 rings (SSSR count). The lowest BCUT2D eigenvalue weighted by molar-refractivity contribution is -0.143. The number of nitrogens with one attached hydrogen (secondary N) is 2. The third kappa shape index (κ3) is 15.7. The Kier molecular flexibility index (Phi) is 14.7. The summed E-state index contributed by atoms with van der Waals surface area (Å²) >= 11 is 0. The van der Waals surface area contributed by atoms with Gasteiger partial charge < -0.3 is 26.2 Å². The van der Waals surface area contributed by atoms with E-state index in [0.29, 0.717) is 0 Å². The van der Waals surface area contributed by atoms with Crippen LogP contribution in [0.15, 0.2) is 30.3 Å². The van der Waals surface area contributed by atoms with Gasteiger partial charge >= 0.3 is 23.9 Å². The lowest BCUT2D eigenvalue weighted by Gasteiger charge is -2.28. The van der Waals surface area contributed by atoms with Crippen molar-refractivity contribution in [1.82, 2.24) is 25.6 Å². The number of hydrogen-bond acceptors (Lipinski definition) is 10. The van der Waals surface area contributed by atoms with Crippen molar-refractivity contribution >= 4 is 35.7 Å². The minimum Gasteiger partial charge on any atom is -0.480 e. The molecular formula is C23H34N6O10. The number of nitrogens with zero attached hydrogens (tertiary/aromatic N) is 3. The van der Waals surface area contributed by atoms with Gasteiger partial charge in [0.25, 0.3) is 11.8 Å². The molecular weight excluding hydrogens is 520 g/mol. The molecule has 1 unspecified atom stereocenters. The van der Waals surface area contributed by atoms with Crippen LogP contribution in [0.3, 0.4) is 0 Å². The van der Waals surface area contributed by atoms with Crippen molar-refractivity contribution in [3.05, 3.63) is 35.9 Å². The van der Waals surface area contributed by atoms with E-state index in [2.05, 4.69) is 10.9 Å². The summed E-state index contributed by atoms with van der Waals surface area (Å²) in [5, 5.41) is 36.1. The zero-order chi connectivity index (χ0) is 29.4. The van der Waals surface area contributed by atoms with Gasteiger partial charge in [-0.05, 0) is 12.0 Å². The van der Waals surface area contributed by atoms with Gasteiger partial charge in [-0.1, -0.05) is 30.3 Å². The number of aliphatic carboxylic acids is 4. The van der Waals surface area contributed by atoms with Crippen molar-refractivity contribution in [2.24, 2.45) is 5.73 Å². The number of carbonyl (C=O) groups excluding carboxylic acids is 2. The van der Waals surface area contributed by atoms with Gasteiger partial charge in [-0.3, -0.25) is 54.3 Å². The minimum atomic E-state index is -1.26. The van der Waals surface area contributed by atoms with Crippen LogP contribution in [0, 0.1) is 0 Å².